The van der Waals surface area contributed by atoms with E-state index in [1.807, 2.05) is 12.1 Å². The Labute approximate surface area is 135 Å². The summed E-state index contributed by atoms with van der Waals surface area (Å²) in [5, 5.41) is 14.1. The second-order valence-electron chi connectivity index (χ2n) is 4.73. The van der Waals surface area contributed by atoms with E-state index < -0.39 is 5.82 Å². The number of benzene rings is 2. The number of tetrazole rings is 1. The van der Waals surface area contributed by atoms with Crippen molar-refractivity contribution in [2.75, 3.05) is 0 Å². The van der Waals surface area contributed by atoms with Gasteiger partial charge in [0.15, 0.2) is 0 Å². The maximum absolute atomic E-state index is 13.5. The summed E-state index contributed by atoms with van der Waals surface area (Å²) in [6, 6.07) is 10.9. The number of nitrogens with zero attached hydrogens (tertiary/aromatic N) is 4. The first-order valence-corrected chi connectivity index (χ1v) is 7.07. The zero-order chi connectivity index (χ0) is 16.2. The van der Waals surface area contributed by atoms with Gasteiger partial charge in [0, 0.05) is 17.6 Å². The van der Waals surface area contributed by atoms with Crippen LogP contribution in [0.1, 0.15) is 15.9 Å². The molecule has 0 unspecified atom stereocenters. The Morgan fingerprint density at radius 2 is 2.00 bits per heavy atom. The fourth-order valence-corrected chi connectivity index (χ4v) is 2.16. The fraction of sp³-hybridized carbons (Fsp3) is 0.0667. The first kappa shape index (κ1) is 15.1. The van der Waals surface area contributed by atoms with Crippen LogP contribution in [0.25, 0.3) is 5.69 Å². The van der Waals surface area contributed by atoms with Crippen molar-refractivity contribution in [2.24, 2.45) is 0 Å². The Morgan fingerprint density at radius 3 is 2.70 bits per heavy atom. The minimum Gasteiger partial charge on any atom is -0.348 e. The van der Waals surface area contributed by atoms with Crippen LogP contribution >= 0.6 is 11.6 Å². The Morgan fingerprint density at radius 1 is 1.22 bits per heavy atom. The largest absolute Gasteiger partial charge is 0.348 e. The summed E-state index contributed by atoms with van der Waals surface area (Å²) in [5.74, 6) is -0.838. The molecule has 23 heavy (non-hydrogen) atoms. The molecular formula is C15H11ClFN5O. The van der Waals surface area contributed by atoms with Crippen molar-refractivity contribution in [3.05, 3.63) is 70.8 Å². The maximum Gasteiger partial charge on any atom is 0.253 e. The van der Waals surface area contributed by atoms with Crippen molar-refractivity contribution in [1.82, 2.24) is 25.5 Å². The SMILES string of the molecule is O=C(NCc1ccc(Cl)cc1)c1ccc(F)cc1-n1cnnn1. The fourth-order valence-electron chi connectivity index (χ4n) is 2.04. The van der Waals surface area contributed by atoms with E-state index in [1.165, 1.54) is 29.2 Å². The van der Waals surface area contributed by atoms with Gasteiger partial charge in [0.05, 0.1) is 11.3 Å². The van der Waals surface area contributed by atoms with Crippen LogP contribution in [-0.2, 0) is 6.54 Å². The number of nitrogens with one attached hydrogen (secondary N) is 1. The van der Waals surface area contributed by atoms with E-state index in [-0.39, 0.29) is 17.2 Å². The van der Waals surface area contributed by atoms with Gasteiger partial charge in [-0.2, -0.15) is 4.68 Å². The molecule has 0 saturated heterocycles. The summed E-state index contributed by atoms with van der Waals surface area (Å²) in [4.78, 5) is 12.4. The van der Waals surface area contributed by atoms with Crippen molar-refractivity contribution in [3.8, 4) is 5.69 Å². The molecule has 116 valence electrons. The molecule has 0 radical (unpaired) electrons. The molecule has 0 aliphatic carbocycles. The number of amides is 1. The molecule has 1 heterocycles. The third kappa shape index (κ3) is 3.51. The van der Waals surface area contributed by atoms with Crippen molar-refractivity contribution in [2.45, 2.75) is 6.54 Å². The van der Waals surface area contributed by atoms with Crippen LogP contribution in [0.15, 0.2) is 48.8 Å². The molecule has 0 aliphatic heterocycles. The van der Waals surface area contributed by atoms with Gasteiger partial charge < -0.3 is 5.32 Å². The van der Waals surface area contributed by atoms with E-state index in [0.717, 1.165) is 5.56 Å². The van der Waals surface area contributed by atoms with Crippen LogP contribution in [0, 0.1) is 5.82 Å². The van der Waals surface area contributed by atoms with Gasteiger partial charge >= 0.3 is 0 Å². The van der Waals surface area contributed by atoms with Gasteiger partial charge in [0.1, 0.15) is 12.1 Å². The zero-order valence-corrected chi connectivity index (χ0v) is 12.5. The molecule has 0 spiro atoms. The summed E-state index contributed by atoms with van der Waals surface area (Å²) >= 11 is 5.82. The Balaban J connectivity index is 1.81. The molecular weight excluding hydrogens is 321 g/mol. The normalized spacial score (nSPS) is 10.5. The van der Waals surface area contributed by atoms with Crippen molar-refractivity contribution in [3.63, 3.8) is 0 Å². The molecule has 0 aliphatic rings. The van der Waals surface area contributed by atoms with E-state index in [0.29, 0.717) is 11.6 Å². The number of rotatable bonds is 4. The lowest BCUT2D eigenvalue weighted by atomic mass is 10.1. The molecule has 0 fully saturated rings. The van der Waals surface area contributed by atoms with Gasteiger partial charge in [-0.05, 0) is 40.3 Å². The minimum atomic E-state index is -0.482. The molecule has 3 aromatic rings. The lowest BCUT2D eigenvalue weighted by molar-refractivity contribution is 0.0950. The van der Waals surface area contributed by atoms with E-state index in [9.17, 15) is 9.18 Å². The lowest BCUT2D eigenvalue weighted by Gasteiger charge is -2.10. The van der Waals surface area contributed by atoms with Crippen LogP contribution in [-0.4, -0.2) is 26.1 Å². The van der Waals surface area contributed by atoms with Gasteiger partial charge in [-0.1, -0.05) is 23.7 Å². The summed E-state index contributed by atoms with van der Waals surface area (Å²) in [6.07, 6.45) is 1.30. The highest BCUT2D eigenvalue weighted by molar-refractivity contribution is 6.30. The maximum atomic E-state index is 13.5. The smallest absolute Gasteiger partial charge is 0.253 e. The number of halogens is 2. The molecule has 2 aromatic carbocycles. The average molecular weight is 332 g/mol. The Bertz CT molecular complexity index is 820. The molecule has 1 N–H and O–H groups in total. The molecule has 0 atom stereocenters. The third-order valence-corrected chi connectivity index (χ3v) is 3.42. The second kappa shape index (κ2) is 6.53. The van der Waals surface area contributed by atoms with E-state index in [2.05, 4.69) is 20.8 Å². The minimum absolute atomic E-state index is 0.267. The summed E-state index contributed by atoms with van der Waals surface area (Å²) in [5.41, 5.74) is 1.44. The zero-order valence-electron chi connectivity index (χ0n) is 11.8. The molecule has 6 nitrogen and oxygen atoms in total. The summed E-state index contributed by atoms with van der Waals surface area (Å²) in [7, 11) is 0. The van der Waals surface area contributed by atoms with Gasteiger partial charge in [0.25, 0.3) is 5.91 Å². The topological polar surface area (TPSA) is 72.7 Å². The first-order chi connectivity index (χ1) is 11.1. The summed E-state index contributed by atoms with van der Waals surface area (Å²) in [6.45, 7) is 0.322. The third-order valence-electron chi connectivity index (χ3n) is 3.17. The number of hydrogen-bond acceptors (Lipinski definition) is 4. The average Bonchev–Trinajstić information content (AvgIpc) is 3.08. The predicted octanol–water partition coefficient (Wildman–Crippen LogP) is 2.38. The highest BCUT2D eigenvalue weighted by Crippen LogP contribution is 2.15. The van der Waals surface area contributed by atoms with Crippen molar-refractivity contribution in [1.29, 1.82) is 0 Å². The highest BCUT2D eigenvalue weighted by atomic mass is 35.5. The molecule has 0 saturated carbocycles. The predicted molar refractivity (Wildman–Crippen MR) is 81.7 cm³/mol. The lowest BCUT2D eigenvalue weighted by Crippen LogP contribution is -2.24. The number of hydrogen-bond donors (Lipinski definition) is 1. The van der Waals surface area contributed by atoms with Crippen LogP contribution in [0.2, 0.25) is 5.02 Å². The molecule has 8 heteroatoms. The van der Waals surface area contributed by atoms with Gasteiger partial charge in [-0.15, -0.1) is 5.10 Å². The number of carbonyl (C=O) groups excluding carboxylic acids is 1. The van der Waals surface area contributed by atoms with Crippen molar-refractivity contribution >= 4 is 17.5 Å². The number of carbonyl (C=O) groups is 1. The van der Waals surface area contributed by atoms with Gasteiger partial charge in [-0.25, -0.2) is 4.39 Å². The molecule has 3 rings (SSSR count). The molecule has 1 aromatic heterocycles. The van der Waals surface area contributed by atoms with Crippen LogP contribution in [0.5, 0.6) is 0 Å². The van der Waals surface area contributed by atoms with Crippen molar-refractivity contribution < 1.29 is 9.18 Å². The standard InChI is InChI=1S/C15H11ClFN5O/c16-11-3-1-10(2-4-11)8-18-15(23)13-6-5-12(17)7-14(13)22-9-19-20-21-22/h1-7,9H,8H2,(H,18,23). The van der Waals surface area contributed by atoms with Gasteiger partial charge in [0.2, 0.25) is 0 Å². The van der Waals surface area contributed by atoms with Crippen LogP contribution < -0.4 is 5.32 Å². The monoisotopic (exact) mass is 331 g/mol. The highest BCUT2D eigenvalue weighted by Gasteiger charge is 2.14. The van der Waals surface area contributed by atoms with E-state index in [1.54, 1.807) is 12.1 Å². The Kier molecular flexibility index (Phi) is 4.29. The second-order valence-corrected chi connectivity index (χ2v) is 5.16. The van der Waals surface area contributed by atoms with Crippen LogP contribution in [0.4, 0.5) is 4.39 Å². The van der Waals surface area contributed by atoms with E-state index >= 15 is 0 Å². The summed E-state index contributed by atoms with van der Waals surface area (Å²) < 4.78 is 14.7. The van der Waals surface area contributed by atoms with Crippen LogP contribution in [0.3, 0.4) is 0 Å². The first-order valence-electron chi connectivity index (χ1n) is 6.69. The van der Waals surface area contributed by atoms with E-state index in [4.69, 9.17) is 11.6 Å². The molecule has 0 bridgehead atoms. The van der Waals surface area contributed by atoms with Gasteiger partial charge in [-0.3, -0.25) is 4.79 Å². The quantitative estimate of drug-likeness (QED) is 0.796. The molecule has 1 amide bonds. The number of aromatic nitrogens is 4. The Hall–Kier alpha value is -2.80.